The molecule has 1 saturated heterocycles. The summed E-state index contributed by atoms with van der Waals surface area (Å²) in [5, 5.41) is 0. The van der Waals surface area contributed by atoms with Gasteiger partial charge in [0.25, 0.3) is 0 Å². The summed E-state index contributed by atoms with van der Waals surface area (Å²) in [5.41, 5.74) is -1.36. The lowest BCUT2D eigenvalue weighted by Gasteiger charge is -2.60. The van der Waals surface area contributed by atoms with E-state index in [1.165, 1.54) is 19.3 Å². The molecule has 0 aromatic carbocycles. The molecule has 0 amide bonds. The number of hydrogen-bond donors (Lipinski definition) is 0. The average Bonchev–Trinajstić information content (AvgIpc) is 3.08. The van der Waals surface area contributed by atoms with Crippen LogP contribution in [0.1, 0.15) is 97.3 Å². The minimum Gasteiger partial charge on any atom is -0.403 e. The summed E-state index contributed by atoms with van der Waals surface area (Å²) in [6.07, 6.45) is 12.2. The normalized spacial score (nSPS) is 48.5. The third kappa shape index (κ3) is 3.08. The number of hydrogen-bond acceptors (Lipinski definition) is 5. The van der Waals surface area contributed by atoms with Crippen molar-refractivity contribution in [3.05, 3.63) is 0 Å². The zero-order chi connectivity index (χ0) is 23.0. The van der Waals surface area contributed by atoms with Crippen molar-refractivity contribution in [2.45, 2.75) is 109 Å². The van der Waals surface area contributed by atoms with E-state index in [1.807, 2.05) is 0 Å². The maximum atomic E-state index is 14.0. The van der Waals surface area contributed by atoms with Gasteiger partial charge in [-0.15, -0.1) is 0 Å². The van der Waals surface area contributed by atoms with Gasteiger partial charge >= 0.3 is 7.12 Å². The van der Waals surface area contributed by atoms with Gasteiger partial charge in [0.2, 0.25) is 0 Å². The molecular formula is C27H39BO5. The van der Waals surface area contributed by atoms with Gasteiger partial charge in [-0.25, -0.2) is 0 Å². The van der Waals surface area contributed by atoms with E-state index >= 15 is 0 Å². The second-order valence-electron chi connectivity index (χ2n) is 12.8. The Morgan fingerprint density at radius 2 is 1.73 bits per heavy atom. The zero-order valence-electron chi connectivity index (χ0n) is 20.4. The summed E-state index contributed by atoms with van der Waals surface area (Å²) in [5.74, 6) is 2.18. The first-order chi connectivity index (χ1) is 15.8. The van der Waals surface area contributed by atoms with E-state index in [0.717, 1.165) is 44.9 Å². The van der Waals surface area contributed by atoms with Gasteiger partial charge in [-0.2, -0.15) is 0 Å². The van der Waals surface area contributed by atoms with Crippen LogP contribution in [0.25, 0.3) is 0 Å². The standard InChI is InChI=1S/C27H39BO5/c1-25-12-10-19(29)14-17(25)8-9-20-21-11-13-27(26(21,2)15-22(30)24(20)25)23(31)16-32-28(33-27)18-6-4-3-5-7-18/h17-18,20-21,24H,3-16H2,1-2H3. The first-order valence-corrected chi connectivity index (χ1v) is 13.7. The van der Waals surface area contributed by atoms with E-state index in [9.17, 15) is 14.4 Å². The van der Waals surface area contributed by atoms with Crippen molar-refractivity contribution in [1.82, 2.24) is 0 Å². The molecule has 180 valence electrons. The summed E-state index contributed by atoms with van der Waals surface area (Å²) in [6, 6.07) is 0. The van der Waals surface area contributed by atoms with Gasteiger partial charge in [-0.05, 0) is 61.1 Å². The van der Waals surface area contributed by atoms with Crippen molar-refractivity contribution < 1.29 is 23.7 Å². The van der Waals surface area contributed by atoms with Crippen LogP contribution in [0.15, 0.2) is 0 Å². The van der Waals surface area contributed by atoms with E-state index in [1.54, 1.807) is 0 Å². The van der Waals surface area contributed by atoms with Crippen LogP contribution in [0.4, 0.5) is 0 Å². The lowest BCUT2D eigenvalue weighted by Crippen LogP contribution is -2.66. The van der Waals surface area contributed by atoms with Crippen LogP contribution in [0, 0.1) is 34.5 Å². The smallest absolute Gasteiger partial charge is 0.403 e. The maximum absolute atomic E-state index is 14.0. The fourth-order valence-electron chi connectivity index (χ4n) is 9.71. The molecular weight excluding hydrogens is 415 g/mol. The molecule has 0 aromatic heterocycles. The molecule has 5 aliphatic carbocycles. The van der Waals surface area contributed by atoms with E-state index < -0.39 is 11.0 Å². The number of fused-ring (bicyclic) bond motifs is 6. The number of ketones is 3. The number of carbonyl (C=O) groups is 3. The van der Waals surface area contributed by atoms with Crippen LogP contribution in [-0.2, 0) is 23.7 Å². The molecule has 1 aliphatic heterocycles. The molecule has 6 aliphatic rings. The molecule has 5 nitrogen and oxygen atoms in total. The fourth-order valence-corrected chi connectivity index (χ4v) is 9.71. The molecule has 6 heteroatoms. The Morgan fingerprint density at radius 3 is 2.52 bits per heavy atom. The average molecular weight is 454 g/mol. The highest BCUT2D eigenvalue weighted by molar-refractivity contribution is 6.48. The molecule has 0 aromatic rings. The van der Waals surface area contributed by atoms with Crippen molar-refractivity contribution in [2.24, 2.45) is 34.5 Å². The topological polar surface area (TPSA) is 69.7 Å². The second-order valence-corrected chi connectivity index (χ2v) is 12.8. The lowest BCUT2D eigenvalue weighted by molar-refractivity contribution is -0.181. The van der Waals surface area contributed by atoms with E-state index in [2.05, 4.69) is 13.8 Å². The van der Waals surface area contributed by atoms with Crippen molar-refractivity contribution in [3.63, 3.8) is 0 Å². The van der Waals surface area contributed by atoms with Crippen molar-refractivity contribution >= 4 is 24.5 Å². The molecule has 1 spiro atoms. The molecule has 5 saturated carbocycles. The second kappa shape index (κ2) is 7.75. The highest BCUT2D eigenvalue weighted by Gasteiger charge is 2.71. The Kier molecular flexibility index (Phi) is 5.27. The summed E-state index contributed by atoms with van der Waals surface area (Å²) in [7, 11) is -0.302. The van der Waals surface area contributed by atoms with Crippen LogP contribution in [0.2, 0.25) is 5.82 Å². The molecule has 0 bridgehead atoms. The van der Waals surface area contributed by atoms with Crippen LogP contribution in [0.5, 0.6) is 0 Å². The van der Waals surface area contributed by atoms with Crippen molar-refractivity contribution in [2.75, 3.05) is 6.61 Å². The largest absolute Gasteiger partial charge is 0.461 e. The number of carbonyl (C=O) groups excluding carboxylic acids is 3. The molecule has 1 heterocycles. The highest BCUT2D eigenvalue weighted by Crippen LogP contribution is 2.68. The Balaban J connectivity index is 1.31. The minimum absolute atomic E-state index is 0.0432. The predicted molar refractivity (Wildman–Crippen MR) is 124 cm³/mol. The Morgan fingerprint density at radius 1 is 0.939 bits per heavy atom. The Bertz CT molecular complexity index is 867. The van der Waals surface area contributed by atoms with Gasteiger partial charge in [0.15, 0.2) is 5.78 Å². The van der Waals surface area contributed by atoms with Crippen LogP contribution in [0.3, 0.4) is 0 Å². The zero-order valence-corrected chi connectivity index (χ0v) is 20.4. The maximum Gasteiger partial charge on any atom is 0.461 e. The number of Topliss-reactive ketones (excluding diaryl/α,β-unsaturated/α-hetero) is 3. The summed E-state index contributed by atoms with van der Waals surface area (Å²) >= 11 is 0. The Labute approximate surface area is 198 Å². The van der Waals surface area contributed by atoms with Gasteiger partial charge < -0.3 is 9.31 Å². The molecule has 7 unspecified atom stereocenters. The van der Waals surface area contributed by atoms with Crippen molar-refractivity contribution in [3.8, 4) is 0 Å². The highest BCUT2D eigenvalue weighted by atomic mass is 16.6. The quantitative estimate of drug-likeness (QED) is 0.524. The monoisotopic (exact) mass is 454 g/mol. The first-order valence-electron chi connectivity index (χ1n) is 13.7. The lowest BCUT2D eigenvalue weighted by atomic mass is 9.43. The third-order valence-electron chi connectivity index (χ3n) is 11.5. The predicted octanol–water partition coefficient (Wildman–Crippen LogP) is 4.95. The van der Waals surface area contributed by atoms with Crippen molar-refractivity contribution in [1.29, 1.82) is 0 Å². The van der Waals surface area contributed by atoms with Gasteiger partial charge in [0.05, 0.1) is 6.61 Å². The molecule has 0 radical (unpaired) electrons. The van der Waals surface area contributed by atoms with Gasteiger partial charge in [0.1, 0.15) is 17.2 Å². The van der Waals surface area contributed by atoms with Crippen LogP contribution < -0.4 is 0 Å². The molecule has 6 fully saturated rings. The summed E-state index contributed by atoms with van der Waals surface area (Å²) < 4.78 is 12.7. The third-order valence-corrected chi connectivity index (χ3v) is 11.5. The van der Waals surface area contributed by atoms with Gasteiger partial charge in [-0.1, -0.05) is 46.0 Å². The van der Waals surface area contributed by atoms with Gasteiger partial charge in [0, 0.05) is 30.6 Å². The summed E-state index contributed by atoms with van der Waals surface area (Å²) in [6.45, 7) is 4.62. The fraction of sp³-hybridized carbons (Fsp3) is 0.889. The van der Waals surface area contributed by atoms with E-state index in [4.69, 9.17) is 9.31 Å². The van der Waals surface area contributed by atoms with E-state index in [-0.39, 0.29) is 30.8 Å². The summed E-state index contributed by atoms with van der Waals surface area (Å²) in [4.78, 5) is 39.6. The van der Waals surface area contributed by atoms with Gasteiger partial charge in [-0.3, -0.25) is 14.4 Å². The molecule has 0 N–H and O–H groups in total. The first kappa shape index (κ1) is 22.5. The molecule has 33 heavy (non-hydrogen) atoms. The Hall–Kier alpha value is -1.01. The van der Waals surface area contributed by atoms with Crippen LogP contribution >= 0.6 is 0 Å². The minimum atomic E-state index is -0.862. The van der Waals surface area contributed by atoms with E-state index in [0.29, 0.717) is 54.4 Å². The molecule has 6 rings (SSSR count). The van der Waals surface area contributed by atoms with Crippen LogP contribution in [-0.4, -0.2) is 36.7 Å². The molecule has 7 atom stereocenters. The number of rotatable bonds is 1. The SMILES string of the molecule is CC12CCC(=O)CC1CCC1C2C(=O)CC2(C)C1CCC21OB(C2CCCCC2)OCC1=O.